The fourth-order valence-corrected chi connectivity index (χ4v) is 1.89. The van der Waals surface area contributed by atoms with Crippen LogP contribution in [0.1, 0.15) is 24.5 Å². The van der Waals surface area contributed by atoms with Gasteiger partial charge >= 0.3 is 0 Å². The van der Waals surface area contributed by atoms with Crippen molar-refractivity contribution in [2.75, 3.05) is 7.11 Å². The number of aliphatic hydroxyl groups is 1. The molecule has 1 atom stereocenters. The third kappa shape index (κ3) is 1.13. The molecule has 1 aromatic rings. The molecule has 0 saturated carbocycles. The van der Waals surface area contributed by atoms with Crippen LogP contribution in [0.4, 0.5) is 0 Å². The van der Waals surface area contributed by atoms with Crippen LogP contribution in [0.5, 0.6) is 5.75 Å². The van der Waals surface area contributed by atoms with E-state index in [0.717, 1.165) is 24.2 Å². The Morgan fingerprint density at radius 3 is 2.92 bits per heavy atom. The summed E-state index contributed by atoms with van der Waals surface area (Å²) in [6, 6.07) is 5.90. The van der Waals surface area contributed by atoms with E-state index in [2.05, 4.69) is 0 Å². The van der Waals surface area contributed by atoms with E-state index in [0.29, 0.717) is 0 Å². The number of ether oxygens (including phenoxy) is 1. The molecule has 0 heterocycles. The van der Waals surface area contributed by atoms with E-state index in [1.165, 1.54) is 5.56 Å². The lowest BCUT2D eigenvalue weighted by molar-refractivity contribution is 0.00843. The maximum Gasteiger partial charge on any atom is 0.119 e. The molecule has 2 heteroatoms. The Bertz CT molecular complexity index is 333. The fourth-order valence-electron chi connectivity index (χ4n) is 1.89. The van der Waals surface area contributed by atoms with Crippen molar-refractivity contribution >= 4 is 0 Å². The summed E-state index contributed by atoms with van der Waals surface area (Å²) in [5.74, 6) is 0.824. The molecule has 1 aliphatic rings. The van der Waals surface area contributed by atoms with E-state index in [9.17, 15) is 5.11 Å². The maximum absolute atomic E-state index is 10.0. The molecule has 0 fully saturated rings. The van der Waals surface area contributed by atoms with Crippen LogP contribution in [-0.4, -0.2) is 12.2 Å². The first kappa shape index (κ1) is 8.57. The second kappa shape index (κ2) is 2.74. The Morgan fingerprint density at radius 2 is 2.31 bits per heavy atom. The Balaban J connectivity index is 2.40. The van der Waals surface area contributed by atoms with Gasteiger partial charge in [-0.2, -0.15) is 0 Å². The van der Waals surface area contributed by atoms with Gasteiger partial charge in [-0.25, -0.2) is 0 Å². The van der Waals surface area contributed by atoms with Crippen LogP contribution < -0.4 is 4.74 Å². The van der Waals surface area contributed by atoms with Gasteiger partial charge in [-0.1, -0.05) is 13.0 Å². The lowest BCUT2D eigenvalue weighted by Gasteiger charge is -2.39. The van der Waals surface area contributed by atoms with Crippen molar-refractivity contribution in [3.8, 4) is 5.75 Å². The van der Waals surface area contributed by atoms with Crippen molar-refractivity contribution in [1.29, 1.82) is 0 Å². The van der Waals surface area contributed by atoms with Crippen LogP contribution in [0.3, 0.4) is 0 Å². The molecule has 0 aliphatic heterocycles. The number of rotatable bonds is 2. The van der Waals surface area contributed by atoms with Crippen LogP contribution in [0.15, 0.2) is 18.2 Å². The SMILES string of the molecule is CCC1(O)Cc2ccc(OC)cc21. The molecule has 70 valence electrons. The highest BCUT2D eigenvalue weighted by molar-refractivity contribution is 5.47. The van der Waals surface area contributed by atoms with Crippen molar-refractivity contribution in [2.45, 2.75) is 25.4 Å². The van der Waals surface area contributed by atoms with Crippen molar-refractivity contribution in [3.05, 3.63) is 29.3 Å². The van der Waals surface area contributed by atoms with E-state index in [1.54, 1.807) is 7.11 Å². The van der Waals surface area contributed by atoms with Crippen molar-refractivity contribution in [3.63, 3.8) is 0 Å². The number of fused-ring (bicyclic) bond motifs is 1. The fraction of sp³-hybridized carbons (Fsp3) is 0.455. The van der Waals surface area contributed by atoms with E-state index in [4.69, 9.17) is 4.74 Å². The van der Waals surface area contributed by atoms with Gasteiger partial charge in [0.15, 0.2) is 0 Å². The first-order valence-corrected chi connectivity index (χ1v) is 4.59. The average Bonchev–Trinajstić information content (AvgIpc) is 2.16. The second-order valence-corrected chi connectivity index (χ2v) is 3.58. The number of benzene rings is 1. The summed E-state index contributed by atoms with van der Waals surface area (Å²) < 4.78 is 5.11. The molecule has 0 amide bonds. The Hall–Kier alpha value is -1.02. The number of hydrogen-bond donors (Lipinski definition) is 1. The Morgan fingerprint density at radius 1 is 1.54 bits per heavy atom. The van der Waals surface area contributed by atoms with Crippen LogP contribution in [-0.2, 0) is 12.0 Å². The van der Waals surface area contributed by atoms with Crippen molar-refractivity contribution in [1.82, 2.24) is 0 Å². The quantitative estimate of drug-likeness (QED) is 0.748. The molecule has 0 radical (unpaired) electrons. The maximum atomic E-state index is 10.0. The highest BCUT2D eigenvalue weighted by Gasteiger charge is 2.39. The minimum absolute atomic E-state index is 0.593. The third-order valence-electron chi connectivity index (χ3n) is 2.89. The lowest BCUT2D eigenvalue weighted by Crippen LogP contribution is -2.37. The lowest BCUT2D eigenvalue weighted by atomic mass is 9.72. The highest BCUT2D eigenvalue weighted by Crippen LogP contribution is 2.42. The van der Waals surface area contributed by atoms with E-state index in [-0.39, 0.29) is 0 Å². The first-order chi connectivity index (χ1) is 6.19. The molecule has 0 bridgehead atoms. The topological polar surface area (TPSA) is 29.5 Å². The normalized spacial score (nSPS) is 24.8. The summed E-state index contributed by atoms with van der Waals surface area (Å²) in [7, 11) is 1.64. The monoisotopic (exact) mass is 178 g/mol. The summed E-state index contributed by atoms with van der Waals surface area (Å²) in [6.45, 7) is 2.00. The standard InChI is InChI=1S/C11H14O2/c1-3-11(12)7-8-4-5-9(13-2)6-10(8)11/h4-6,12H,3,7H2,1-2H3. The van der Waals surface area contributed by atoms with Gasteiger partial charge in [-0.05, 0) is 29.7 Å². The number of methoxy groups -OCH3 is 1. The predicted octanol–water partition coefficient (Wildman–Crippen LogP) is 1.85. The number of hydrogen-bond acceptors (Lipinski definition) is 2. The van der Waals surface area contributed by atoms with Crippen molar-refractivity contribution in [2.24, 2.45) is 0 Å². The predicted molar refractivity (Wildman–Crippen MR) is 50.9 cm³/mol. The molecule has 1 N–H and O–H groups in total. The molecule has 1 aromatic carbocycles. The Kier molecular flexibility index (Phi) is 1.81. The zero-order chi connectivity index (χ0) is 9.47. The summed E-state index contributed by atoms with van der Waals surface area (Å²) in [5, 5.41) is 10.0. The molecule has 1 aliphatic carbocycles. The zero-order valence-electron chi connectivity index (χ0n) is 8.00. The minimum Gasteiger partial charge on any atom is -0.497 e. The van der Waals surface area contributed by atoms with Gasteiger partial charge in [0.05, 0.1) is 12.7 Å². The van der Waals surface area contributed by atoms with Crippen LogP contribution in [0, 0.1) is 0 Å². The van der Waals surface area contributed by atoms with Crippen LogP contribution >= 0.6 is 0 Å². The first-order valence-electron chi connectivity index (χ1n) is 4.59. The summed E-state index contributed by atoms with van der Waals surface area (Å²) in [5.41, 5.74) is 1.68. The molecule has 2 rings (SSSR count). The molecule has 1 unspecified atom stereocenters. The summed E-state index contributed by atoms with van der Waals surface area (Å²) in [6.07, 6.45) is 1.55. The van der Waals surface area contributed by atoms with Gasteiger partial charge in [-0.3, -0.25) is 0 Å². The van der Waals surface area contributed by atoms with Gasteiger partial charge in [-0.15, -0.1) is 0 Å². The second-order valence-electron chi connectivity index (χ2n) is 3.58. The zero-order valence-corrected chi connectivity index (χ0v) is 8.00. The molecule has 0 spiro atoms. The smallest absolute Gasteiger partial charge is 0.119 e. The van der Waals surface area contributed by atoms with Crippen LogP contribution in [0.25, 0.3) is 0 Å². The van der Waals surface area contributed by atoms with E-state index in [1.807, 2.05) is 25.1 Å². The largest absolute Gasteiger partial charge is 0.497 e. The van der Waals surface area contributed by atoms with Crippen LogP contribution in [0.2, 0.25) is 0 Å². The third-order valence-corrected chi connectivity index (χ3v) is 2.89. The summed E-state index contributed by atoms with van der Waals surface area (Å²) >= 11 is 0. The van der Waals surface area contributed by atoms with Gasteiger partial charge in [0.25, 0.3) is 0 Å². The molecular formula is C11H14O2. The van der Waals surface area contributed by atoms with Gasteiger partial charge in [0.2, 0.25) is 0 Å². The van der Waals surface area contributed by atoms with Gasteiger partial charge in [0.1, 0.15) is 5.75 Å². The van der Waals surface area contributed by atoms with Crippen molar-refractivity contribution < 1.29 is 9.84 Å². The van der Waals surface area contributed by atoms with E-state index < -0.39 is 5.60 Å². The van der Waals surface area contributed by atoms with Gasteiger partial charge < -0.3 is 9.84 Å². The molecule has 0 saturated heterocycles. The molecule has 2 nitrogen and oxygen atoms in total. The molecule has 0 aromatic heterocycles. The summed E-state index contributed by atoms with van der Waals surface area (Å²) in [4.78, 5) is 0. The minimum atomic E-state index is -0.593. The molecule has 13 heavy (non-hydrogen) atoms. The Labute approximate surface area is 78.2 Å². The molecular weight excluding hydrogens is 164 g/mol. The average molecular weight is 178 g/mol. The van der Waals surface area contributed by atoms with E-state index >= 15 is 0 Å². The highest BCUT2D eigenvalue weighted by atomic mass is 16.5. The van der Waals surface area contributed by atoms with Gasteiger partial charge in [0, 0.05) is 6.42 Å².